The summed E-state index contributed by atoms with van der Waals surface area (Å²) >= 11 is 1.97. The topological polar surface area (TPSA) is 38.3 Å². The number of hydrogen-bond donors (Lipinski definition) is 1. The Morgan fingerprint density at radius 1 is 1.59 bits per heavy atom. The molecule has 0 radical (unpaired) electrons. The van der Waals surface area contributed by atoms with Crippen LogP contribution in [0.3, 0.4) is 0 Å². The Hall–Kier alpha value is -1.16. The second-order valence-corrected chi connectivity index (χ2v) is 5.16. The Morgan fingerprint density at radius 2 is 2.47 bits per heavy atom. The predicted molar refractivity (Wildman–Crippen MR) is 71.8 cm³/mol. The maximum Gasteiger partial charge on any atom is 0.338 e. The molecule has 4 heteroatoms. The zero-order valence-electron chi connectivity index (χ0n) is 9.94. The lowest BCUT2D eigenvalue weighted by Crippen LogP contribution is -2.18. The summed E-state index contributed by atoms with van der Waals surface area (Å²) in [5, 5.41) is 3.45. The first-order valence-corrected chi connectivity index (χ1v) is 7.06. The van der Waals surface area contributed by atoms with Crippen molar-refractivity contribution in [2.45, 2.75) is 19.4 Å². The smallest absolute Gasteiger partial charge is 0.338 e. The normalized spacial score (nSPS) is 19.0. The van der Waals surface area contributed by atoms with E-state index in [2.05, 4.69) is 5.32 Å². The van der Waals surface area contributed by atoms with Gasteiger partial charge in [-0.3, -0.25) is 0 Å². The molecule has 2 rings (SSSR count). The SMILES string of the molecule is CCOC(=O)c1cccc(NC2CCSC2)c1. The number of ether oxygens (including phenoxy) is 1. The number of hydrogen-bond acceptors (Lipinski definition) is 4. The van der Waals surface area contributed by atoms with Crippen LogP contribution in [0.1, 0.15) is 23.7 Å². The van der Waals surface area contributed by atoms with Crippen LogP contribution < -0.4 is 5.32 Å². The Kier molecular flexibility index (Phi) is 4.31. The van der Waals surface area contributed by atoms with Crippen molar-refractivity contribution in [3.8, 4) is 0 Å². The van der Waals surface area contributed by atoms with Gasteiger partial charge in [0.25, 0.3) is 0 Å². The van der Waals surface area contributed by atoms with E-state index in [1.807, 2.05) is 36.9 Å². The van der Waals surface area contributed by atoms with E-state index in [9.17, 15) is 4.79 Å². The summed E-state index contributed by atoms with van der Waals surface area (Å²) in [4.78, 5) is 11.6. The van der Waals surface area contributed by atoms with E-state index in [1.54, 1.807) is 6.07 Å². The zero-order chi connectivity index (χ0) is 12.1. The standard InChI is InChI=1S/C13H17NO2S/c1-2-16-13(15)10-4-3-5-11(8-10)14-12-6-7-17-9-12/h3-5,8,12,14H,2,6-7,9H2,1H3. The van der Waals surface area contributed by atoms with Crippen molar-refractivity contribution in [1.29, 1.82) is 0 Å². The molecule has 92 valence electrons. The number of anilines is 1. The molecule has 0 bridgehead atoms. The maximum absolute atomic E-state index is 11.6. The van der Waals surface area contributed by atoms with Gasteiger partial charge in [0.2, 0.25) is 0 Å². The highest BCUT2D eigenvalue weighted by Crippen LogP contribution is 2.22. The van der Waals surface area contributed by atoms with E-state index in [0.717, 1.165) is 11.4 Å². The fourth-order valence-electron chi connectivity index (χ4n) is 1.83. The molecule has 3 nitrogen and oxygen atoms in total. The van der Waals surface area contributed by atoms with E-state index in [-0.39, 0.29) is 5.97 Å². The third-order valence-corrected chi connectivity index (χ3v) is 3.84. The first-order chi connectivity index (χ1) is 8.29. The van der Waals surface area contributed by atoms with Crippen molar-refractivity contribution >= 4 is 23.4 Å². The largest absolute Gasteiger partial charge is 0.462 e. The summed E-state index contributed by atoms with van der Waals surface area (Å²) in [5.41, 5.74) is 1.62. The number of nitrogens with one attached hydrogen (secondary N) is 1. The summed E-state index contributed by atoms with van der Waals surface area (Å²) < 4.78 is 4.98. The van der Waals surface area contributed by atoms with Crippen molar-refractivity contribution in [1.82, 2.24) is 0 Å². The van der Waals surface area contributed by atoms with Gasteiger partial charge < -0.3 is 10.1 Å². The molecular weight excluding hydrogens is 234 g/mol. The summed E-state index contributed by atoms with van der Waals surface area (Å²) in [7, 11) is 0. The van der Waals surface area contributed by atoms with Crippen molar-refractivity contribution in [2.75, 3.05) is 23.4 Å². The molecule has 1 fully saturated rings. The molecule has 17 heavy (non-hydrogen) atoms. The Labute approximate surface area is 106 Å². The Balaban J connectivity index is 2.02. The third kappa shape index (κ3) is 3.40. The number of esters is 1. The number of thioether (sulfide) groups is 1. The van der Waals surface area contributed by atoms with Crippen LogP contribution in [0.2, 0.25) is 0 Å². The van der Waals surface area contributed by atoms with Gasteiger partial charge in [-0.05, 0) is 37.3 Å². The molecule has 1 heterocycles. The van der Waals surface area contributed by atoms with Crippen LogP contribution in [-0.4, -0.2) is 30.1 Å². The van der Waals surface area contributed by atoms with Crippen molar-refractivity contribution in [3.63, 3.8) is 0 Å². The molecule has 1 aromatic rings. The average molecular weight is 251 g/mol. The average Bonchev–Trinajstić information content (AvgIpc) is 2.82. The van der Waals surface area contributed by atoms with Crippen LogP contribution in [0.4, 0.5) is 5.69 Å². The number of benzene rings is 1. The van der Waals surface area contributed by atoms with Gasteiger partial charge >= 0.3 is 5.97 Å². The van der Waals surface area contributed by atoms with Crippen LogP contribution in [0.15, 0.2) is 24.3 Å². The lowest BCUT2D eigenvalue weighted by atomic mass is 10.2. The molecule has 1 aliphatic heterocycles. The number of carbonyl (C=O) groups excluding carboxylic acids is 1. The molecule has 0 spiro atoms. The highest BCUT2D eigenvalue weighted by molar-refractivity contribution is 7.99. The molecule has 0 aliphatic carbocycles. The van der Waals surface area contributed by atoms with Gasteiger partial charge in [0, 0.05) is 17.5 Å². The van der Waals surface area contributed by atoms with Crippen molar-refractivity contribution < 1.29 is 9.53 Å². The van der Waals surface area contributed by atoms with E-state index in [4.69, 9.17) is 4.74 Å². The summed E-state index contributed by atoms with van der Waals surface area (Å²) in [5.74, 6) is 2.11. The van der Waals surface area contributed by atoms with Gasteiger partial charge in [-0.2, -0.15) is 11.8 Å². The number of carbonyl (C=O) groups is 1. The van der Waals surface area contributed by atoms with Gasteiger partial charge in [-0.15, -0.1) is 0 Å². The summed E-state index contributed by atoms with van der Waals surface area (Å²) in [6, 6.07) is 8.05. The molecule has 1 aromatic carbocycles. The van der Waals surface area contributed by atoms with Crippen molar-refractivity contribution in [2.24, 2.45) is 0 Å². The molecule has 1 atom stereocenters. The first kappa shape index (κ1) is 12.3. The third-order valence-electron chi connectivity index (χ3n) is 2.67. The molecule has 1 N–H and O–H groups in total. The second kappa shape index (κ2) is 5.96. The van der Waals surface area contributed by atoms with Crippen LogP contribution >= 0.6 is 11.8 Å². The molecule has 0 amide bonds. The molecule has 1 unspecified atom stereocenters. The second-order valence-electron chi connectivity index (χ2n) is 4.01. The van der Waals surface area contributed by atoms with Crippen LogP contribution in [0.5, 0.6) is 0 Å². The molecule has 1 saturated heterocycles. The van der Waals surface area contributed by atoms with Gasteiger partial charge in [0.1, 0.15) is 0 Å². The molecule has 0 saturated carbocycles. The predicted octanol–water partition coefficient (Wildman–Crippen LogP) is 2.78. The zero-order valence-corrected chi connectivity index (χ0v) is 10.8. The van der Waals surface area contributed by atoms with E-state index >= 15 is 0 Å². The minimum Gasteiger partial charge on any atom is -0.462 e. The van der Waals surface area contributed by atoms with Gasteiger partial charge in [0.15, 0.2) is 0 Å². The summed E-state index contributed by atoms with van der Waals surface area (Å²) in [6.07, 6.45) is 1.19. The van der Waals surface area contributed by atoms with E-state index in [1.165, 1.54) is 12.2 Å². The molecule has 1 aliphatic rings. The van der Waals surface area contributed by atoms with Gasteiger partial charge in [-0.1, -0.05) is 6.07 Å². The lowest BCUT2D eigenvalue weighted by molar-refractivity contribution is 0.0526. The van der Waals surface area contributed by atoms with Gasteiger partial charge in [0.05, 0.1) is 12.2 Å². The van der Waals surface area contributed by atoms with Crippen molar-refractivity contribution in [3.05, 3.63) is 29.8 Å². The monoisotopic (exact) mass is 251 g/mol. The fraction of sp³-hybridized carbons (Fsp3) is 0.462. The lowest BCUT2D eigenvalue weighted by Gasteiger charge is -2.13. The van der Waals surface area contributed by atoms with E-state index in [0.29, 0.717) is 18.2 Å². The highest BCUT2D eigenvalue weighted by atomic mass is 32.2. The van der Waals surface area contributed by atoms with Crippen LogP contribution in [0, 0.1) is 0 Å². The molecule has 0 aromatic heterocycles. The van der Waals surface area contributed by atoms with Crippen LogP contribution in [-0.2, 0) is 4.74 Å². The first-order valence-electron chi connectivity index (χ1n) is 5.91. The maximum atomic E-state index is 11.6. The Morgan fingerprint density at radius 3 is 3.18 bits per heavy atom. The molecular formula is C13H17NO2S. The minimum absolute atomic E-state index is 0.253. The van der Waals surface area contributed by atoms with Gasteiger partial charge in [-0.25, -0.2) is 4.79 Å². The minimum atomic E-state index is -0.253. The summed E-state index contributed by atoms with van der Waals surface area (Å²) in [6.45, 7) is 2.23. The quantitative estimate of drug-likeness (QED) is 0.835. The Bertz CT molecular complexity index is 389. The highest BCUT2D eigenvalue weighted by Gasteiger charge is 2.15. The number of rotatable bonds is 4. The van der Waals surface area contributed by atoms with E-state index < -0.39 is 0 Å². The fourth-order valence-corrected chi connectivity index (χ4v) is 2.99. The van der Waals surface area contributed by atoms with Crippen LogP contribution in [0.25, 0.3) is 0 Å².